The van der Waals surface area contributed by atoms with Gasteiger partial charge in [0.15, 0.2) is 6.29 Å². The predicted molar refractivity (Wildman–Crippen MR) is 69.0 cm³/mol. The van der Waals surface area contributed by atoms with E-state index >= 15 is 0 Å². The van der Waals surface area contributed by atoms with Crippen LogP contribution in [0.25, 0.3) is 0 Å². The van der Waals surface area contributed by atoms with Gasteiger partial charge in [0.25, 0.3) is 0 Å². The topological polar surface area (TPSA) is 17.1 Å². The van der Waals surface area contributed by atoms with Gasteiger partial charge in [-0.25, -0.2) is 0 Å². The minimum atomic E-state index is 0. The van der Waals surface area contributed by atoms with Gasteiger partial charge in [0, 0.05) is 38.6 Å². The number of hydrogen-bond donors (Lipinski definition) is 0. The summed E-state index contributed by atoms with van der Waals surface area (Å²) in [5.74, 6) is 7.15. The molecule has 0 bridgehead atoms. The molecular formula is C16H21OY-. The predicted octanol–water partition coefficient (Wildman–Crippen LogP) is 3.40. The molecule has 0 aromatic carbocycles. The molecule has 0 spiro atoms. The zero-order valence-electron chi connectivity index (χ0n) is 11.4. The van der Waals surface area contributed by atoms with E-state index in [9.17, 15) is 4.79 Å². The molecule has 0 amide bonds. The summed E-state index contributed by atoms with van der Waals surface area (Å²) >= 11 is 0. The first-order valence-corrected chi connectivity index (χ1v) is 6.65. The summed E-state index contributed by atoms with van der Waals surface area (Å²) in [4.78, 5) is 10.3. The molecule has 2 saturated carbocycles. The first kappa shape index (κ1) is 16.1. The normalized spacial score (nSPS) is 35.8. The SMILES string of the molecule is [CH-]=C1CCC[C@]2(C)[C@@H]([C@H](C)C#CC=O)CC[C@@H]12.[Y]. The Balaban J connectivity index is 0.00000162. The van der Waals surface area contributed by atoms with Crippen LogP contribution in [0.2, 0.25) is 0 Å². The number of allylic oxidation sites excluding steroid dienone is 1. The third kappa shape index (κ3) is 2.81. The van der Waals surface area contributed by atoms with Crippen LogP contribution in [0.4, 0.5) is 0 Å². The third-order valence-corrected chi connectivity index (χ3v) is 5.01. The molecule has 2 aliphatic carbocycles. The van der Waals surface area contributed by atoms with Crippen molar-refractivity contribution in [3.05, 3.63) is 12.2 Å². The summed E-state index contributed by atoms with van der Waals surface area (Å²) in [6.07, 6.45) is 6.68. The first-order chi connectivity index (χ1) is 8.09. The van der Waals surface area contributed by atoms with Gasteiger partial charge in [-0.15, -0.1) is 0 Å². The van der Waals surface area contributed by atoms with Crippen molar-refractivity contribution in [2.75, 3.05) is 0 Å². The average Bonchev–Trinajstić information content (AvgIpc) is 2.64. The molecule has 1 radical (unpaired) electrons. The quantitative estimate of drug-likeness (QED) is 0.411. The summed E-state index contributed by atoms with van der Waals surface area (Å²) in [5, 5.41) is 0. The third-order valence-electron chi connectivity index (χ3n) is 5.01. The van der Waals surface area contributed by atoms with Gasteiger partial charge in [0.1, 0.15) is 0 Å². The van der Waals surface area contributed by atoms with Crippen molar-refractivity contribution in [1.82, 2.24) is 0 Å². The van der Waals surface area contributed by atoms with Crippen molar-refractivity contribution in [3.8, 4) is 11.8 Å². The van der Waals surface area contributed by atoms with Gasteiger partial charge in [-0.1, -0.05) is 32.6 Å². The number of carbonyl (C=O) groups is 1. The van der Waals surface area contributed by atoms with Crippen LogP contribution >= 0.6 is 0 Å². The largest absolute Gasteiger partial charge is 0.514 e. The molecule has 0 aromatic heterocycles. The Morgan fingerprint density at radius 1 is 1.50 bits per heavy atom. The number of carbonyl (C=O) groups excluding carboxylic acids is 1. The Labute approximate surface area is 136 Å². The number of hydrogen-bond acceptors (Lipinski definition) is 1. The van der Waals surface area contributed by atoms with E-state index in [1.54, 1.807) is 0 Å². The van der Waals surface area contributed by atoms with Crippen molar-refractivity contribution < 1.29 is 37.5 Å². The zero-order chi connectivity index (χ0) is 12.5. The summed E-state index contributed by atoms with van der Waals surface area (Å²) in [7, 11) is 0. The van der Waals surface area contributed by atoms with Gasteiger partial charge in [-0.2, -0.15) is 0 Å². The van der Waals surface area contributed by atoms with E-state index in [-0.39, 0.29) is 32.7 Å². The molecule has 1 nitrogen and oxygen atoms in total. The number of aldehydes is 1. The monoisotopic (exact) mass is 318 g/mol. The summed E-state index contributed by atoms with van der Waals surface area (Å²) in [6.45, 7) is 10.7. The van der Waals surface area contributed by atoms with Crippen LogP contribution in [0.1, 0.15) is 46.0 Å². The number of rotatable bonds is 1. The van der Waals surface area contributed by atoms with Gasteiger partial charge in [0.2, 0.25) is 0 Å². The van der Waals surface area contributed by atoms with Crippen LogP contribution in [0.5, 0.6) is 0 Å². The Morgan fingerprint density at radius 2 is 2.22 bits per heavy atom. The molecule has 2 aliphatic rings. The van der Waals surface area contributed by atoms with Crippen molar-refractivity contribution in [3.63, 3.8) is 0 Å². The van der Waals surface area contributed by atoms with Crippen LogP contribution in [-0.2, 0) is 37.5 Å². The summed E-state index contributed by atoms with van der Waals surface area (Å²) in [6, 6.07) is 0. The molecule has 2 fully saturated rings. The van der Waals surface area contributed by atoms with Crippen LogP contribution in [0.15, 0.2) is 5.57 Å². The second-order valence-corrected chi connectivity index (χ2v) is 5.87. The van der Waals surface area contributed by atoms with Crippen molar-refractivity contribution in [1.29, 1.82) is 0 Å². The van der Waals surface area contributed by atoms with E-state index in [4.69, 9.17) is 6.58 Å². The van der Waals surface area contributed by atoms with Crippen molar-refractivity contribution >= 4 is 6.29 Å². The molecule has 0 saturated heterocycles. The molecular weight excluding hydrogens is 297 g/mol. The summed E-state index contributed by atoms with van der Waals surface area (Å²) < 4.78 is 0. The maximum absolute atomic E-state index is 10.3. The van der Waals surface area contributed by atoms with Crippen molar-refractivity contribution in [2.24, 2.45) is 23.2 Å². The average molecular weight is 318 g/mol. The molecule has 2 heteroatoms. The van der Waals surface area contributed by atoms with Gasteiger partial charge in [0.05, 0.1) is 0 Å². The molecule has 95 valence electrons. The fourth-order valence-corrected chi connectivity index (χ4v) is 4.17. The smallest absolute Gasteiger partial charge is 0.192 e. The molecule has 0 aliphatic heterocycles. The van der Waals surface area contributed by atoms with Crippen molar-refractivity contribution in [2.45, 2.75) is 46.0 Å². The maximum Gasteiger partial charge on any atom is 0.192 e. The molecule has 0 aromatic rings. The van der Waals surface area contributed by atoms with Crippen LogP contribution in [0.3, 0.4) is 0 Å². The second-order valence-electron chi connectivity index (χ2n) is 5.87. The van der Waals surface area contributed by atoms with Crippen LogP contribution < -0.4 is 0 Å². The standard InChI is InChI=1S/C16H21O.Y/c1-12-6-4-10-16(3)14(12)8-9-15(16)13(2)7-5-11-17;/h1,11,13-15H,4,6,8-10H2,2-3H3;/q-1;/t13-,14+,15-,16+;/m1./s1. The van der Waals surface area contributed by atoms with Gasteiger partial charge in [-0.05, 0) is 42.4 Å². The minimum Gasteiger partial charge on any atom is -0.514 e. The molecule has 0 N–H and O–H groups in total. The van der Waals surface area contributed by atoms with Gasteiger partial charge in [-0.3, -0.25) is 10.4 Å². The molecule has 18 heavy (non-hydrogen) atoms. The Kier molecular flexibility index (Phi) is 5.81. The van der Waals surface area contributed by atoms with Crippen LogP contribution in [0, 0.1) is 41.6 Å². The van der Waals surface area contributed by atoms with Gasteiger partial charge >= 0.3 is 0 Å². The molecule has 0 unspecified atom stereocenters. The van der Waals surface area contributed by atoms with E-state index < -0.39 is 0 Å². The zero-order valence-corrected chi connectivity index (χ0v) is 14.2. The van der Waals surface area contributed by atoms with E-state index in [1.807, 2.05) is 0 Å². The van der Waals surface area contributed by atoms with Gasteiger partial charge < -0.3 is 6.58 Å². The second kappa shape index (κ2) is 6.49. The molecule has 4 atom stereocenters. The maximum atomic E-state index is 10.3. The van der Waals surface area contributed by atoms with E-state index in [0.29, 0.717) is 29.5 Å². The summed E-state index contributed by atoms with van der Waals surface area (Å²) in [5.41, 5.74) is 1.52. The van der Waals surface area contributed by atoms with E-state index in [0.717, 1.165) is 6.42 Å². The Hall–Kier alpha value is 0.0739. The molecule has 0 heterocycles. The van der Waals surface area contributed by atoms with E-state index in [1.165, 1.54) is 31.3 Å². The minimum absolute atomic E-state index is 0. The fourth-order valence-electron chi connectivity index (χ4n) is 4.17. The Morgan fingerprint density at radius 3 is 2.89 bits per heavy atom. The fraction of sp³-hybridized carbons (Fsp3) is 0.688. The Bertz CT molecular complexity index is 390. The number of fused-ring (bicyclic) bond motifs is 1. The van der Waals surface area contributed by atoms with E-state index in [2.05, 4.69) is 25.7 Å². The van der Waals surface area contributed by atoms with Crippen LogP contribution in [-0.4, -0.2) is 6.29 Å². The molecule has 2 rings (SSSR count). The first-order valence-electron chi connectivity index (χ1n) is 6.65.